The van der Waals surface area contributed by atoms with Crippen LogP contribution in [-0.2, 0) is 17.6 Å². The maximum absolute atomic E-state index is 11.6. The Labute approximate surface area is 286 Å². The molecule has 2 aromatic carbocycles. The van der Waals surface area contributed by atoms with Gasteiger partial charge in [0.15, 0.2) is 0 Å². The van der Waals surface area contributed by atoms with Crippen molar-refractivity contribution in [3.63, 3.8) is 0 Å². The molecule has 9 nitrogen and oxygen atoms in total. The van der Waals surface area contributed by atoms with Crippen molar-refractivity contribution in [1.82, 2.24) is 25.5 Å². The molecule has 4 atom stereocenters. The fraction of sp³-hybridized carbons (Fsp3) is 0.528. The zero-order chi connectivity index (χ0) is 31.4. The summed E-state index contributed by atoms with van der Waals surface area (Å²) < 4.78 is 11.7. The van der Waals surface area contributed by atoms with E-state index in [-0.39, 0.29) is 36.5 Å². The third-order valence-electron chi connectivity index (χ3n) is 10.1. The average Bonchev–Trinajstić information content (AvgIpc) is 3.75. The molecule has 1 amide bonds. The van der Waals surface area contributed by atoms with E-state index in [1.165, 1.54) is 29.2 Å². The van der Waals surface area contributed by atoms with Gasteiger partial charge in [-0.2, -0.15) is 11.4 Å². The van der Waals surface area contributed by atoms with Crippen molar-refractivity contribution in [3.8, 4) is 6.01 Å². The Bertz CT molecular complexity index is 1470. The number of nitrogens with zero attached hydrogens (tertiary/aromatic N) is 4. The number of ether oxygens (including phenoxy) is 2. The van der Waals surface area contributed by atoms with Gasteiger partial charge in [0.25, 0.3) is 0 Å². The van der Waals surface area contributed by atoms with Crippen LogP contribution in [0.15, 0.2) is 36.4 Å². The van der Waals surface area contributed by atoms with Crippen LogP contribution in [0, 0.1) is 26.8 Å². The van der Waals surface area contributed by atoms with Crippen molar-refractivity contribution in [2.24, 2.45) is 0 Å². The van der Waals surface area contributed by atoms with Gasteiger partial charge in [0.05, 0.1) is 5.54 Å². The average molecular weight is 619 g/mol. The molecule has 242 valence electrons. The summed E-state index contributed by atoms with van der Waals surface area (Å²) >= 11 is 0. The number of piperazine rings is 1. The van der Waals surface area contributed by atoms with E-state index in [1.54, 1.807) is 7.05 Å². The van der Waals surface area contributed by atoms with E-state index in [4.69, 9.17) is 19.4 Å². The summed E-state index contributed by atoms with van der Waals surface area (Å²) in [5, 5.41) is 8.73. The second-order valence-electron chi connectivity index (χ2n) is 12.9. The number of carbonyl (C=O) groups excluding carboxylic acids is 1. The van der Waals surface area contributed by atoms with Crippen LogP contribution in [0.4, 0.5) is 10.6 Å². The first-order valence-corrected chi connectivity index (χ1v) is 16.5. The molecule has 46 heavy (non-hydrogen) atoms. The number of aromatic nitrogens is 2. The maximum Gasteiger partial charge on any atom is 1.00 e. The minimum absolute atomic E-state index is 0. The Morgan fingerprint density at radius 1 is 1.11 bits per heavy atom. The number of amides is 1. The van der Waals surface area contributed by atoms with Gasteiger partial charge in [0, 0.05) is 44.0 Å². The number of carbonyl (C=O) groups is 1. The Kier molecular flexibility index (Phi) is 11.5. The Hall–Kier alpha value is -2.83. The van der Waals surface area contributed by atoms with Crippen molar-refractivity contribution in [1.29, 1.82) is 0 Å². The first kappa shape index (κ1) is 34.5. The van der Waals surface area contributed by atoms with Crippen LogP contribution < -0.4 is 39.1 Å². The van der Waals surface area contributed by atoms with E-state index >= 15 is 0 Å². The van der Waals surface area contributed by atoms with Gasteiger partial charge in [-0.15, -0.1) is 53.1 Å². The fourth-order valence-electron chi connectivity index (χ4n) is 7.80. The van der Waals surface area contributed by atoms with Gasteiger partial charge < -0.3 is 38.9 Å². The summed E-state index contributed by atoms with van der Waals surface area (Å²) in [6.07, 6.45) is 7.54. The Balaban J connectivity index is 0.000000292. The zero-order valence-electron chi connectivity index (χ0n) is 27.8. The normalized spacial score (nSPS) is 25.0. The first-order chi connectivity index (χ1) is 21.9. The molecule has 4 fully saturated rings. The minimum Gasteiger partial charge on any atom is -0.461 e. The molecular weight excluding hydrogens is 571 g/mol. The molecule has 1 aromatic heterocycles. The summed E-state index contributed by atoms with van der Waals surface area (Å²) in [6.45, 7) is 14.3. The second-order valence-corrected chi connectivity index (χ2v) is 12.9. The fourth-order valence-corrected chi connectivity index (χ4v) is 7.80. The molecule has 7 rings (SSSR count). The van der Waals surface area contributed by atoms with E-state index in [0.717, 1.165) is 62.4 Å². The van der Waals surface area contributed by atoms with Gasteiger partial charge in [0.1, 0.15) is 19.0 Å². The van der Waals surface area contributed by atoms with Gasteiger partial charge in [-0.25, -0.2) is 9.78 Å². The topological polar surface area (TPSA) is 91.9 Å². The van der Waals surface area contributed by atoms with E-state index < -0.39 is 0 Å². The summed E-state index contributed by atoms with van der Waals surface area (Å²) in [5.41, 5.74) is 3.29. The third-order valence-corrected chi connectivity index (χ3v) is 10.1. The molecule has 4 saturated heterocycles. The number of alkyl carbamates (subject to hydrolysis) is 1. The van der Waals surface area contributed by atoms with Crippen LogP contribution >= 0.6 is 0 Å². The number of hydrogen-bond donors (Lipinski definition) is 2. The van der Waals surface area contributed by atoms with Crippen molar-refractivity contribution in [2.75, 3.05) is 44.8 Å². The number of nitrogens with one attached hydrogen (secondary N) is 2. The largest absolute Gasteiger partial charge is 1.00 e. The van der Waals surface area contributed by atoms with E-state index in [0.29, 0.717) is 44.1 Å². The molecule has 0 aliphatic carbocycles. The number of fused-ring (bicyclic) bond motifs is 4. The summed E-state index contributed by atoms with van der Waals surface area (Å²) in [7, 11) is 1.59. The van der Waals surface area contributed by atoms with Crippen molar-refractivity contribution in [2.45, 2.75) is 82.0 Å². The standard InChI is InChI=1S/C25H38N6O3.C11H9.Li/c1-4-20-21(5-2)28-23(29-22(20)30-13-17-7-8-18(14-30)27-17)34-16-25-10-6-12-31(25)19(9-11-25)15-33-24(32)26-3;1-9-5-4-7-10-6-2-3-8-11(9)10;/h17-19,27H,1-2,4-16H2,3H3,(H,26,32);2-7H,1H3;/q-2;-1;+1/t17?,18?,19-,25?;;/m1../s1. The summed E-state index contributed by atoms with van der Waals surface area (Å²) in [5.74, 6) is 0.973. The van der Waals surface area contributed by atoms with Crippen molar-refractivity contribution < 1.29 is 33.1 Å². The molecule has 10 heteroatoms. The van der Waals surface area contributed by atoms with Gasteiger partial charge in [-0.05, 0) is 50.6 Å². The van der Waals surface area contributed by atoms with Crippen LogP contribution in [0.1, 0.15) is 55.3 Å². The predicted octanol–water partition coefficient (Wildman–Crippen LogP) is 1.85. The second kappa shape index (κ2) is 15.4. The Morgan fingerprint density at radius 3 is 2.61 bits per heavy atom. The van der Waals surface area contributed by atoms with E-state index in [2.05, 4.69) is 71.5 Å². The third kappa shape index (κ3) is 7.33. The molecule has 4 aliphatic rings. The molecule has 4 aliphatic heterocycles. The summed E-state index contributed by atoms with van der Waals surface area (Å²) in [4.78, 5) is 26.1. The first-order valence-electron chi connectivity index (χ1n) is 16.5. The van der Waals surface area contributed by atoms with Gasteiger partial charge in [-0.3, -0.25) is 4.90 Å². The molecule has 0 saturated carbocycles. The van der Waals surface area contributed by atoms with Crippen LogP contribution in [0.25, 0.3) is 10.8 Å². The zero-order valence-corrected chi connectivity index (χ0v) is 27.8. The van der Waals surface area contributed by atoms with Crippen LogP contribution in [-0.4, -0.2) is 84.5 Å². The molecule has 3 unspecified atom stereocenters. The van der Waals surface area contributed by atoms with Crippen LogP contribution in [0.2, 0.25) is 0 Å². The SMILES string of the molecule is Cc1cccc2ccc[c-]c12.[CH2-]Cc1nc(OCC23CCCN2[C@@H](COC(=O)NC)CC3)nc(N2CC3CCC(C2)N3)c1C[CH2-].[Li+]. The Morgan fingerprint density at radius 2 is 1.89 bits per heavy atom. The number of rotatable bonds is 8. The van der Waals surface area contributed by atoms with Crippen molar-refractivity contribution in [3.05, 3.63) is 73.1 Å². The molecular formula is C36H47LiN6O3-2. The molecule has 2 N–H and O–H groups in total. The van der Waals surface area contributed by atoms with Crippen LogP contribution in [0.5, 0.6) is 6.01 Å². The summed E-state index contributed by atoms with van der Waals surface area (Å²) in [6, 6.07) is 17.3. The van der Waals surface area contributed by atoms with Gasteiger partial charge in [0.2, 0.25) is 0 Å². The maximum atomic E-state index is 11.6. The number of aryl methyl sites for hydroxylation is 1. The minimum atomic E-state index is -0.374. The quantitative estimate of drug-likeness (QED) is 0.292. The molecule has 3 aromatic rings. The van der Waals surface area contributed by atoms with Crippen LogP contribution in [0.3, 0.4) is 0 Å². The predicted molar refractivity (Wildman–Crippen MR) is 177 cm³/mol. The smallest absolute Gasteiger partial charge is 0.461 e. The monoisotopic (exact) mass is 618 g/mol. The molecule has 0 radical (unpaired) electrons. The van der Waals surface area contributed by atoms with E-state index in [1.807, 2.05) is 12.1 Å². The number of benzene rings is 2. The van der Waals surface area contributed by atoms with E-state index in [9.17, 15) is 4.79 Å². The van der Waals surface area contributed by atoms with Crippen molar-refractivity contribution >= 4 is 22.7 Å². The number of hydrogen-bond acceptors (Lipinski definition) is 8. The van der Waals surface area contributed by atoms with Gasteiger partial charge in [-0.1, -0.05) is 19.1 Å². The molecule has 5 heterocycles. The number of anilines is 1. The molecule has 2 bridgehead atoms. The molecule has 0 spiro atoms. The van der Waals surface area contributed by atoms with Gasteiger partial charge >= 0.3 is 31.0 Å².